The number of nitrogens with one attached hydrogen (secondary N) is 2. The molecule has 0 unspecified atom stereocenters. The summed E-state index contributed by atoms with van der Waals surface area (Å²) < 4.78 is 2.28. The van der Waals surface area contributed by atoms with Gasteiger partial charge in [-0.1, -0.05) is 18.2 Å². The fraction of sp³-hybridized carbons (Fsp3) is 0.400. The van der Waals surface area contributed by atoms with Crippen molar-refractivity contribution in [2.75, 3.05) is 19.6 Å². The van der Waals surface area contributed by atoms with E-state index in [-0.39, 0.29) is 0 Å². The smallest absolute Gasteiger partial charge is 0.191 e. The summed E-state index contributed by atoms with van der Waals surface area (Å²) in [4.78, 5) is 10.7. The van der Waals surface area contributed by atoms with E-state index in [4.69, 9.17) is 4.99 Å². The monoisotopic (exact) mass is 369 g/mol. The molecule has 0 saturated heterocycles. The number of hydrogen-bond donors (Lipinski definition) is 2. The van der Waals surface area contributed by atoms with Gasteiger partial charge in [-0.05, 0) is 50.3 Å². The van der Waals surface area contributed by atoms with Crippen LogP contribution in [0.2, 0.25) is 0 Å². The summed E-state index contributed by atoms with van der Waals surface area (Å²) >= 11 is 1.80. The van der Waals surface area contributed by atoms with Crippen molar-refractivity contribution in [1.82, 2.24) is 20.2 Å². The third kappa shape index (κ3) is 4.85. The number of rotatable bonds is 8. The molecule has 5 nitrogen and oxygen atoms in total. The van der Waals surface area contributed by atoms with E-state index in [2.05, 4.69) is 69.7 Å². The summed E-state index contributed by atoms with van der Waals surface area (Å²) in [5.74, 6) is 1.97. The second-order valence-corrected chi connectivity index (χ2v) is 7.20. The van der Waals surface area contributed by atoms with Gasteiger partial charge in [-0.15, -0.1) is 11.3 Å². The Kier molecular flexibility index (Phi) is 6.66. The molecule has 2 aromatic heterocycles. The molecular weight excluding hydrogens is 342 g/mol. The van der Waals surface area contributed by atoms with Crippen LogP contribution in [0.3, 0.4) is 0 Å². The second kappa shape index (κ2) is 9.38. The van der Waals surface area contributed by atoms with Crippen molar-refractivity contribution >= 4 is 28.3 Å². The molecule has 0 saturated carbocycles. The lowest BCUT2D eigenvalue weighted by Gasteiger charge is -2.11. The quantitative estimate of drug-likeness (QED) is 0.362. The van der Waals surface area contributed by atoms with E-state index in [1.54, 1.807) is 11.3 Å². The fourth-order valence-electron chi connectivity index (χ4n) is 3.00. The summed E-state index contributed by atoms with van der Waals surface area (Å²) in [5.41, 5.74) is 2.27. The summed E-state index contributed by atoms with van der Waals surface area (Å²) in [5, 5.41) is 8.86. The summed E-state index contributed by atoms with van der Waals surface area (Å²) in [6.07, 6.45) is 2.02. The highest BCUT2D eigenvalue weighted by Gasteiger charge is 2.06. The molecule has 2 heterocycles. The molecule has 138 valence electrons. The number of aryl methyl sites for hydroxylation is 2. The summed E-state index contributed by atoms with van der Waals surface area (Å²) in [6.45, 7) is 7.66. The van der Waals surface area contributed by atoms with E-state index < -0.39 is 0 Å². The third-order valence-electron chi connectivity index (χ3n) is 4.24. The van der Waals surface area contributed by atoms with Crippen molar-refractivity contribution in [3.05, 3.63) is 52.5 Å². The SMILES string of the molecule is CCNC(=NCCCn1c(C)nc2ccccc21)NCCc1cccs1. The van der Waals surface area contributed by atoms with Gasteiger partial charge in [0.1, 0.15) is 5.82 Å². The van der Waals surface area contributed by atoms with E-state index in [0.717, 1.165) is 56.3 Å². The number of fused-ring (bicyclic) bond motifs is 1. The highest BCUT2D eigenvalue weighted by atomic mass is 32.1. The van der Waals surface area contributed by atoms with Crippen LogP contribution in [0, 0.1) is 6.92 Å². The fourth-order valence-corrected chi connectivity index (χ4v) is 3.71. The Morgan fingerprint density at radius 3 is 2.88 bits per heavy atom. The summed E-state index contributed by atoms with van der Waals surface area (Å²) in [6, 6.07) is 12.6. The number of aliphatic imine (C=N–C) groups is 1. The van der Waals surface area contributed by atoms with E-state index in [0.29, 0.717) is 0 Å². The van der Waals surface area contributed by atoms with E-state index in [1.807, 2.05) is 6.07 Å². The first-order chi connectivity index (χ1) is 12.8. The van der Waals surface area contributed by atoms with E-state index >= 15 is 0 Å². The van der Waals surface area contributed by atoms with Gasteiger partial charge in [-0.2, -0.15) is 0 Å². The van der Waals surface area contributed by atoms with Crippen molar-refractivity contribution in [3.63, 3.8) is 0 Å². The predicted octanol–water partition coefficient (Wildman–Crippen LogP) is 3.59. The Bertz CT molecular complexity index is 835. The minimum Gasteiger partial charge on any atom is -0.357 e. The van der Waals surface area contributed by atoms with Gasteiger partial charge < -0.3 is 15.2 Å². The zero-order chi connectivity index (χ0) is 18.2. The number of guanidine groups is 1. The molecule has 0 aliphatic rings. The van der Waals surface area contributed by atoms with Gasteiger partial charge >= 0.3 is 0 Å². The Morgan fingerprint density at radius 1 is 1.19 bits per heavy atom. The van der Waals surface area contributed by atoms with Crippen LogP contribution >= 0.6 is 11.3 Å². The third-order valence-corrected chi connectivity index (χ3v) is 5.18. The van der Waals surface area contributed by atoms with Crippen LogP contribution in [0.4, 0.5) is 0 Å². The Hall–Kier alpha value is -2.34. The molecule has 0 aliphatic heterocycles. The van der Waals surface area contributed by atoms with Crippen molar-refractivity contribution in [2.24, 2.45) is 4.99 Å². The Morgan fingerprint density at radius 2 is 2.08 bits per heavy atom. The molecule has 0 fully saturated rings. The normalized spacial score (nSPS) is 11.8. The zero-order valence-corrected chi connectivity index (χ0v) is 16.4. The van der Waals surface area contributed by atoms with Crippen LogP contribution in [0.1, 0.15) is 24.0 Å². The van der Waals surface area contributed by atoms with Crippen molar-refractivity contribution < 1.29 is 0 Å². The van der Waals surface area contributed by atoms with Gasteiger partial charge in [-0.25, -0.2) is 4.98 Å². The number of para-hydroxylation sites is 2. The lowest BCUT2D eigenvalue weighted by atomic mass is 10.3. The molecule has 26 heavy (non-hydrogen) atoms. The average Bonchev–Trinajstić information content (AvgIpc) is 3.26. The Labute approximate surface area is 159 Å². The van der Waals surface area contributed by atoms with E-state index in [9.17, 15) is 0 Å². The molecule has 0 spiro atoms. The lowest BCUT2D eigenvalue weighted by Crippen LogP contribution is -2.38. The summed E-state index contributed by atoms with van der Waals surface area (Å²) in [7, 11) is 0. The highest BCUT2D eigenvalue weighted by Crippen LogP contribution is 2.15. The van der Waals surface area contributed by atoms with E-state index in [1.165, 1.54) is 10.4 Å². The molecule has 0 radical (unpaired) electrons. The topological polar surface area (TPSA) is 54.2 Å². The van der Waals surface area contributed by atoms with Crippen molar-refractivity contribution in [1.29, 1.82) is 0 Å². The van der Waals surface area contributed by atoms with Gasteiger partial charge in [0.25, 0.3) is 0 Å². The Balaban J connectivity index is 1.50. The van der Waals surface area contributed by atoms with Crippen LogP contribution in [-0.4, -0.2) is 35.1 Å². The largest absolute Gasteiger partial charge is 0.357 e. The average molecular weight is 370 g/mol. The minimum absolute atomic E-state index is 0.792. The van der Waals surface area contributed by atoms with Crippen LogP contribution in [-0.2, 0) is 13.0 Å². The zero-order valence-electron chi connectivity index (χ0n) is 15.5. The van der Waals surface area contributed by atoms with Crippen LogP contribution in [0.5, 0.6) is 0 Å². The molecule has 0 atom stereocenters. The molecule has 3 aromatic rings. The van der Waals surface area contributed by atoms with Crippen molar-refractivity contribution in [2.45, 2.75) is 33.2 Å². The molecule has 0 amide bonds. The van der Waals surface area contributed by atoms with Crippen LogP contribution in [0.15, 0.2) is 46.8 Å². The molecule has 0 aliphatic carbocycles. The molecule has 2 N–H and O–H groups in total. The standard InChI is InChI=1S/C20H27N5S/c1-3-21-20(23-13-11-17-8-6-15-26-17)22-12-7-14-25-16(2)24-18-9-4-5-10-19(18)25/h4-6,8-10,15H,3,7,11-14H2,1-2H3,(H2,21,22,23). The molecule has 3 rings (SSSR count). The van der Waals surface area contributed by atoms with Gasteiger partial charge in [0.05, 0.1) is 11.0 Å². The van der Waals surface area contributed by atoms with Crippen molar-refractivity contribution in [3.8, 4) is 0 Å². The second-order valence-electron chi connectivity index (χ2n) is 6.17. The first-order valence-electron chi connectivity index (χ1n) is 9.24. The number of benzene rings is 1. The number of thiophene rings is 1. The maximum atomic E-state index is 4.71. The number of aromatic nitrogens is 2. The first-order valence-corrected chi connectivity index (χ1v) is 10.1. The van der Waals surface area contributed by atoms with Gasteiger partial charge in [0.15, 0.2) is 5.96 Å². The van der Waals surface area contributed by atoms with Crippen LogP contribution < -0.4 is 10.6 Å². The van der Waals surface area contributed by atoms with Gasteiger partial charge in [-0.3, -0.25) is 4.99 Å². The predicted molar refractivity (Wildman–Crippen MR) is 111 cm³/mol. The maximum absolute atomic E-state index is 4.71. The first kappa shape index (κ1) is 18.5. The van der Waals surface area contributed by atoms with Gasteiger partial charge in [0, 0.05) is 31.1 Å². The van der Waals surface area contributed by atoms with Crippen LogP contribution in [0.25, 0.3) is 11.0 Å². The minimum atomic E-state index is 0.792. The molecular formula is C20H27N5S. The molecule has 0 bridgehead atoms. The molecule has 1 aromatic carbocycles. The maximum Gasteiger partial charge on any atom is 0.191 e. The molecule has 6 heteroatoms. The number of nitrogens with zero attached hydrogens (tertiary/aromatic N) is 3. The number of hydrogen-bond acceptors (Lipinski definition) is 3. The highest BCUT2D eigenvalue weighted by molar-refractivity contribution is 7.09. The number of imidazole rings is 1. The lowest BCUT2D eigenvalue weighted by molar-refractivity contribution is 0.646. The van der Waals surface area contributed by atoms with Gasteiger partial charge in [0.2, 0.25) is 0 Å².